The van der Waals surface area contributed by atoms with Gasteiger partial charge in [-0.2, -0.15) is 0 Å². The average Bonchev–Trinajstić information content (AvgIpc) is 2.72. The highest BCUT2D eigenvalue weighted by Crippen LogP contribution is 2.26. The van der Waals surface area contributed by atoms with Crippen molar-refractivity contribution >= 4 is 0 Å². The molecular formula is C14H28N2. The summed E-state index contributed by atoms with van der Waals surface area (Å²) in [4.78, 5) is 2.70. The quantitative estimate of drug-likeness (QED) is 0.789. The molecular weight excluding hydrogens is 196 g/mol. The molecule has 0 aromatic rings. The maximum atomic E-state index is 3.79. The second-order valence-corrected chi connectivity index (χ2v) is 6.18. The van der Waals surface area contributed by atoms with E-state index < -0.39 is 0 Å². The first kappa shape index (κ1) is 12.4. The lowest BCUT2D eigenvalue weighted by molar-refractivity contribution is 0.163. The molecule has 2 saturated heterocycles. The highest BCUT2D eigenvalue weighted by molar-refractivity contribution is 4.89. The van der Waals surface area contributed by atoms with E-state index in [0.717, 1.165) is 23.9 Å². The van der Waals surface area contributed by atoms with Crippen LogP contribution in [-0.2, 0) is 0 Å². The molecule has 2 heteroatoms. The van der Waals surface area contributed by atoms with Gasteiger partial charge >= 0.3 is 0 Å². The standard InChI is InChI=1S/C14H28N2/c1-11(2)12(3)10-15-13-6-8-16-7-4-5-14(16)9-13/h11-15H,4-10H2,1-3H3. The molecule has 0 spiro atoms. The van der Waals surface area contributed by atoms with E-state index in [4.69, 9.17) is 0 Å². The van der Waals surface area contributed by atoms with Crippen molar-refractivity contribution in [1.29, 1.82) is 0 Å². The zero-order valence-corrected chi connectivity index (χ0v) is 11.2. The van der Waals surface area contributed by atoms with Crippen molar-refractivity contribution in [2.75, 3.05) is 19.6 Å². The maximum absolute atomic E-state index is 3.79. The zero-order chi connectivity index (χ0) is 11.5. The minimum absolute atomic E-state index is 0.792. The molecule has 0 amide bonds. The summed E-state index contributed by atoms with van der Waals surface area (Å²) in [6.45, 7) is 10.9. The van der Waals surface area contributed by atoms with Crippen molar-refractivity contribution < 1.29 is 0 Å². The summed E-state index contributed by atoms with van der Waals surface area (Å²) in [5, 5.41) is 3.79. The number of fused-ring (bicyclic) bond motifs is 1. The Hall–Kier alpha value is -0.0800. The molecule has 0 saturated carbocycles. The number of rotatable bonds is 4. The van der Waals surface area contributed by atoms with Crippen LogP contribution in [0.3, 0.4) is 0 Å². The van der Waals surface area contributed by atoms with E-state index in [2.05, 4.69) is 31.0 Å². The van der Waals surface area contributed by atoms with E-state index in [9.17, 15) is 0 Å². The van der Waals surface area contributed by atoms with Gasteiger partial charge in [-0.05, 0) is 57.2 Å². The van der Waals surface area contributed by atoms with Crippen LogP contribution in [0.5, 0.6) is 0 Å². The number of hydrogen-bond acceptors (Lipinski definition) is 2. The average molecular weight is 224 g/mol. The molecule has 2 heterocycles. The smallest absolute Gasteiger partial charge is 0.0111 e. The second kappa shape index (κ2) is 5.50. The first-order valence-corrected chi connectivity index (χ1v) is 7.14. The number of piperidine rings is 1. The Morgan fingerprint density at radius 3 is 2.75 bits per heavy atom. The fourth-order valence-electron chi connectivity index (χ4n) is 3.00. The van der Waals surface area contributed by atoms with Crippen LogP contribution in [0.25, 0.3) is 0 Å². The third-order valence-corrected chi connectivity index (χ3v) is 4.69. The van der Waals surface area contributed by atoms with Crippen molar-refractivity contribution in [3.63, 3.8) is 0 Å². The highest BCUT2D eigenvalue weighted by atomic mass is 15.2. The lowest BCUT2D eigenvalue weighted by Gasteiger charge is -2.36. The summed E-state index contributed by atoms with van der Waals surface area (Å²) < 4.78 is 0. The van der Waals surface area contributed by atoms with Gasteiger partial charge in [0, 0.05) is 12.1 Å². The van der Waals surface area contributed by atoms with Crippen LogP contribution in [0.1, 0.15) is 46.5 Å². The second-order valence-electron chi connectivity index (χ2n) is 6.18. The van der Waals surface area contributed by atoms with Gasteiger partial charge in [-0.15, -0.1) is 0 Å². The molecule has 2 aliphatic rings. The normalized spacial score (nSPS) is 33.0. The molecule has 1 N–H and O–H groups in total. The van der Waals surface area contributed by atoms with Crippen LogP contribution in [0.4, 0.5) is 0 Å². The van der Waals surface area contributed by atoms with E-state index in [-0.39, 0.29) is 0 Å². The van der Waals surface area contributed by atoms with Gasteiger partial charge in [0.05, 0.1) is 0 Å². The number of nitrogens with one attached hydrogen (secondary N) is 1. The Morgan fingerprint density at radius 2 is 2.00 bits per heavy atom. The molecule has 94 valence electrons. The Morgan fingerprint density at radius 1 is 1.19 bits per heavy atom. The maximum Gasteiger partial charge on any atom is 0.0111 e. The van der Waals surface area contributed by atoms with E-state index in [0.29, 0.717) is 0 Å². The molecule has 0 aromatic heterocycles. The summed E-state index contributed by atoms with van der Waals surface area (Å²) in [5.74, 6) is 1.61. The van der Waals surface area contributed by atoms with Gasteiger partial charge < -0.3 is 10.2 Å². The fourth-order valence-corrected chi connectivity index (χ4v) is 3.00. The SMILES string of the molecule is CC(C)C(C)CNC1CCN2CCCC2C1. The summed E-state index contributed by atoms with van der Waals surface area (Å²) >= 11 is 0. The highest BCUT2D eigenvalue weighted by Gasteiger charge is 2.31. The molecule has 2 rings (SSSR count). The molecule has 0 radical (unpaired) electrons. The minimum atomic E-state index is 0.792. The van der Waals surface area contributed by atoms with Crippen molar-refractivity contribution in [3.05, 3.63) is 0 Å². The van der Waals surface area contributed by atoms with Gasteiger partial charge in [0.15, 0.2) is 0 Å². The van der Waals surface area contributed by atoms with Gasteiger partial charge in [0.25, 0.3) is 0 Å². The molecule has 2 nitrogen and oxygen atoms in total. The van der Waals surface area contributed by atoms with Crippen LogP contribution >= 0.6 is 0 Å². The van der Waals surface area contributed by atoms with Crippen LogP contribution in [0.15, 0.2) is 0 Å². The monoisotopic (exact) mass is 224 g/mol. The summed E-state index contributed by atoms with van der Waals surface area (Å²) in [5.41, 5.74) is 0. The molecule has 0 aromatic carbocycles. The number of hydrogen-bond donors (Lipinski definition) is 1. The third-order valence-electron chi connectivity index (χ3n) is 4.69. The first-order valence-electron chi connectivity index (χ1n) is 7.14. The summed E-state index contributed by atoms with van der Waals surface area (Å²) in [6, 6.07) is 1.70. The van der Waals surface area contributed by atoms with Crippen LogP contribution in [0, 0.1) is 11.8 Å². The van der Waals surface area contributed by atoms with Gasteiger partial charge in [0.1, 0.15) is 0 Å². The topological polar surface area (TPSA) is 15.3 Å². The van der Waals surface area contributed by atoms with Gasteiger partial charge in [-0.3, -0.25) is 0 Å². The van der Waals surface area contributed by atoms with E-state index >= 15 is 0 Å². The van der Waals surface area contributed by atoms with Crippen molar-refractivity contribution in [2.24, 2.45) is 11.8 Å². The molecule has 2 aliphatic heterocycles. The number of nitrogens with zero attached hydrogens (tertiary/aromatic N) is 1. The molecule has 2 fully saturated rings. The predicted molar refractivity (Wildman–Crippen MR) is 69.6 cm³/mol. The Bertz CT molecular complexity index is 215. The van der Waals surface area contributed by atoms with E-state index in [1.807, 2.05) is 0 Å². The van der Waals surface area contributed by atoms with Crippen LogP contribution < -0.4 is 5.32 Å². The lowest BCUT2D eigenvalue weighted by Crippen LogP contribution is -2.46. The Labute approximate surface area is 101 Å². The molecule has 0 aliphatic carbocycles. The van der Waals surface area contributed by atoms with E-state index in [1.54, 1.807) is 0 Å². The Balaban J connectivity index is 1.71. The zero-order valence-electron chi connectivity index (χ0n) is 11.2. The largest absolute Gasteiger partial charge is 0.314 e. The third kappa shape index (κ3) is 2.98. The van der Waals surface area contributed by atoms with Crippen molar-refractivity contribution in [3.8, 4) is 0 Å². The van der Waals surface area contributed by atoms with Gasteiger partial charge in [0.2, 0.25) is 0 Å². The van der Waals surface area contributed by atoms with Crippen LogP contribution in [0.2, 0.25) is 0 Å². The summed E-state index contributed by atoms with van der Waals surface area (Å²) in [7, 11) is 0. The molecule has 3 atom stereocenters. The predicted octanol–water partition coefficient (Wildman–Crippen LogP) is 2.49. The summed E-state index contributed by atoms with van der Waals surface area (Å²) in [6.07, 6.45) is 5.63. The van der Waals surface area contributed by atoms with Gasteiger partial charge in [-0.1, -0.05) is 20.8 Å². The molecule has 3 unspecified atom stereocenters. The molecule has 0 bridgehead atoms. The van der Waals surface area contributed by atoms with E-state index in [1.165, 1.54) is 45.3 Å². The van der Waals surface area contributed by atoms with Gasteiger partial charge in [-0.25, -0.2) is 0 Å². The van der Waals surface area contributed by atoms with Crippen molar-refractivity contribution in [2.45, 2.75) is 58.5 Å². The van der Waals surface area contributed by atoms with Crippen LogP contribution in [-0.4, -0.2) is 36.6 Å². The lowest BCUT2D eigenvalue weighted by atomic mass is 9.94. The van der Waals surface area contributed by atoms with Crippen molar-refractivity contribution in [1.82, 2.24) is 10.2 Å². The minimum Gasteiger partial charge on any atom is -0.314 e. The first-order chi connectivity index (χ1) is 7.66. The molecule has 16 heavy (non-hydrogen) atoms. The fraction of sp³-hybridized carbons (Fsp3) is 1.00. The Kier molecular flexibility index (Phi) is 4.26.